The maximum absolute atomic E-state index is 3.96. The molecule has 6 rings (SSSR count). The van der Waals surface area contributed by atoms with Crippen LogP contribution in [0.5, 0.6) is 0 Å². The van der Waals surface area contributed by atoms with Crippen molar-refractivity contribution in [3.05, 3.63) is 166 Å². The van der Waals surface area contributed by atoms with Gasteiger partial charge in [-0.25, -0.2) is 0 Å². The van der Waals surface area contributed by atoms with Gasteiger partial charge < -0.3 is 0 Å². The van der Waals surface area contributed by atoms with E-state index in [4.69, 9.17) is 0 Å². The molecule has 0 saturated carbocycles. The summed E-state index contributed by atoms with van der Waals surface area (Å²) in [5.74, 6) is 0. The molecule has 0 amide bonds. The van der Waals surface area contributed by atoms with E-state index in [0.29, 0.717) is 0 Å². The van der Waals surface area contributed by atoms with Crippen LogP contribution in [0.4, 0.5) is 0 Å². The Balaban J connectivity index is 1.69. The van der Waals surface area contributed by atoms with Gasteiger partial charge in [-0.1, -0.05) is 156 Å². The zero-order valence-electron chi connectivity index (χ0n) is 27.6. The fourth-order valence-corrected chi connectivity index (χ4v) is 7.63. The van der Waals surface area contributed by atoms with Crippen LogP contribution in [0.3, 0.4) is 0 Å². The molecule has 44 heavy (non-hydrogen) atoms. The maximum atomic E-state index is 3.96. The molecule has 2 aliphatic carbocycles. The molecule has 0 heteroatoms. The van der Waals surface area contributed by atoms with Crippen molar-refractivity contribution in [2.45, 2.75) is 89.9 Å². The molecule has 0 nitrogen and oxygen atoms in total. The molecule has 2 aliphatic rings. The van der Waals surface area contributed by atoms with Crippen molar-refractivity contribution in [3.63, 3.8) is 0 Å². The fourth-order valence-electron chi connectivity index (χ4n) is 7.63. The Morgan fingerprint density at radius 3 is 1.93 bits per heavy atom. The highest BCUT2D eigenvalue weighted by atomic mass is 14.5. The molecule has 0 bridgehead atoms. The summed E-state index contributed by atoms with van der Waals surface area (Å²) in [5.41, 5.74) is 15.4. The molecule has 0 spiro atoms. The second-order valence-electron chi connectivity index (χ2n) is 14.9. The lowest BCUT2D eigenvalue weighted by Crippen LogP contribution is -2.36. The zero-order valence-corrected chi connectivity index (χ0v) is 27.6. The van der Waals surface area contributed by atoms with Gasteiger partial charge in [0, 0.05) is 0 Å². The number of hydrogen-bond acceptors (Lipinski definition) is 0. The summed E-state index contributed by atoms with van der Waals surface area (Å²) in [5, 5.41) is 0. The highest BCUT2D eigenvalue weighted by Gasteiger charge is 2.46. The minimum absolute atomic E-state index is 0.0378. The summed E-state index contributed by atoms with van der Waals surface area (Å²) in [4.78, 5) is 0. The Morgan fingerprint density at radius 2 is 1.34 bits per heavy atom. The first-order valence-electron chi connectivity index (χ1n) is 16.5. The van der Waals surface area contributed by atoms with Crippen LogP contribution < -0.4 is 0 Å². The van der Waals surface area contributed by atoms with Crippen LogP contribution in [0.15, 0.2) is 127 Å². The topological polar surface area (TPSA) is 0 Å². The summed E-state index contributed by atoms with van der Waals surface area (Å²) >= 11 is 0. The smallest absolute Gasteiger partial charge is 0.0673 e. The van der Waals surface area contributed by atoms with Crippen molar-refractivity contribution in [1.29, 1.82) is 0 Å². The zero-order chi connectivity index (χ0) is 31.1. The number of allylic oxidation sites excluding steroid dienone is 5. The Morgan fingerprint density at radius 1 is 0.705 bits per heavy atom. The van der Waals surface area contributed by atoms with Gasteiger partial charge in [-0.15, -0.1) is 6.58 Å². The Hall–Kier alpha value is -3.90. The summed E-state index contributed by atoms with van der Waals surface area (Å²) in [6.45, 7) is 18.1. The number of unbranched alkanes of at least 4 members (excludes halogenated alkanes) is 1. The predicted molar refractivity (Wildman–Crippen MR) is 190 cm³/mol. The third-order valence-electron chi connectivity index (χ3n) is 9.84. The van der Waals surface area contributed by atoms with E-state index in [-0.39, 0.29) is 10.8 Å². The Kier molecular flexibility index (Phi) is 7.91. The predicted octanol–water partition coefficient (Wildman–Crippen LogP) is 11.8. The highest BCUT2D eigenvalue weighted by Crippen LogP contribution is 2.55. The molecule has 224 valence electrons. The van der Waals surface area contributed by atoms with Crippen LogP contribution in [0.25, 0.3) is 11.1 Å². The molecule has 0 aliphatic heterocycles. The second kappa shape index (κ2) is 11.6. The summed E-state index contributed by atoms with van der Waals surface area (Å²) in [6, 6.07) is 34.8. The molecule has 0 unspecified atom stereocenters. The van der Waals surface area contributed by atoms with Crippen molar-refractivity contribution in [2.24, 2.45) is 0 Å². The van der Waals surface area contributed by atoms with Gasteiger partial charge in [0.1, 0.15) is 0 Å². The molecule has 0 radical (unpaired) electrons. The van der Waals surface area contributed by atoms with E-state index in [1.165, 1.54) is 61.2 Å². The third kappa shape index (κ3) is 5.23. The van der Waals surface area contributed by atoms with Crippen LogP contribution in [-0.4, -0.2) is 0 Å². The molecule has 4 aromatic carbocycles. The fraction of sp³-hybridized carbons (Fsp3) is 0.318. The molecular weight excluding hydrogens is 528 g/mol. The number of hydrogen-bond donors (Lipinski definition) is 0. The van der Waals surface area contributed by atoms with Crippen LogP contribution >= 0.6 is 0 Å². The highest BCUT2D eigenvalue weighted by molar-refractivity contribution is 5.82. The summed E-state index contributed by atoms with van der Waals surface area (Å²) in [6.07, 6.45) is 12.3. The minimum Gasteiger partial charge on any atom is -0.103 e. The first-order chi connectivity index (χ1) is 21.0. The van der Waals surface area contributed by atoms with E-state index < -0.39 is 5.41 Å². The lowest BCUT2D eigenvalue weighted by Gasteiger charge is -2.42. The molecule has 0 fully saturated rings. The van der Waals surface area contributed by atoms with Gasteiger partial charge in [-0.2, -0.15) is 0 Å². The molecule has 0 atom stereocenters. The number of benzene rings is 4. The molecule has 0 aromatic heterocycles. The summed E-state index contributed by atoms with van der Waals surface area (Å²) < 4.78 is 0. The van der Waals surface area contributed by atoms with Crippen molar-refractivity contribution in [1.82, 2.24) is 0 Å². The average Bonchev–Trinajstić information content (AvgIpc) is 3.63. The average molecular weight is 577 g/mol. The van der Waals surface area contributed by atoms with Crippen LogP contribution in [0.1, 0.15) is 106 Å². The molecule has 0 saturated heterocycles. The SMILES string of the molecule is C=CCCCC1=CCC(C(c2ccccc2)(c2ccccc2)c2c(C(C)(C)C)ccc3c2Cc2cc(C(C)(C)C)ccc2-3)=C1. The first kappa shape index (κ1) is 30.1. The molecule has 4 aromatic rings. The van der Waals surface area contributed by atoms with E-state index in [1.807, 2.05) is 6.08 Å². The van der Waals surface area contributed by atoms with E-state index in [2.05, 4.69) is 151 Å². The maximum Gasteiger partial charge on any atom is 0.0673 e. The van der Waals surface area contributed by atoms with Gasteiger partial charge in [0.15, 0.2) is 0 Å². The van der Waals surface area contributed by atoms with Gasteiger partial charge in [-0.3, -0.25) is 0 Å². The molecular formula is C44H48. The monoisotopic (exact) mass is 576 g/mol. The lowest BCUT2D eigenvalue weighted by molar-refractivity contribution is 0.563. The van der Waals surface area contributed by atoms with Gasteiger partial charge in [0.25, 0.3) is 0 Å². The molecule has 0 N–H and O–H groups in total. The number of rotatable bonds is 8. The van der Waals surface area contributed by atoms with E-state index >= 15 is 0 Å². The van der Waals surface area contributed by atoms with Crippen LogP contribution in [0, 0.1) is 0 Å². The van der Waals surface area contributed by atoms with Gasteiger partial charge in [-0.05, 0) is 98.6 Å². The largest absolute Gasteiger partial charge is 0.103 e. The van der Waals surface area contributed by atoms with Gasteiger partial charge >= 0.3 is 0 Å². The Labute approximate surface area is 266 Å². The van der Waals surface area contributed by atoms with Gasteiger partial charge in [0.05, 0.1) is 5.41 Å². The van der Waals surface area contributed by atoms with Gasteiger partial charge in [0.2, 0.25) is 0 Å². The van der Waals surface area contributed by atoms with Crippen LogP contribution in [-0.2, 0) is 22.7 Å². The standard InChI is InChI=1S/C44H48/c1-8-9-12-17-31-22-23-36(28-31)44(33-18-13-10-14-19-33,34-20-15-11-16-21-34)41-39-30-32-29-35(42(2,3)4)24-25-37(32)38(39)26-27-40(41)43(5,6)7/h8,10-11,13-16,18-22,24-29H,1,9,12,17,23,30H2,2-7H3. The molecule has 0 heterocycles. The quantitative estimate of drug-likeness (QED) is 0.0979. The summed E-state index contributed by atoms with van der Waals surface area (Å²) in [7, 11) is 0. The Bertz CT molecular complexity index is 1690. The van der Waals surface area contributed by atoms with E-state index in [9.17, 15) is 0 Å². The van der Waals surface area contributed by atoms with Crippen molar-refractivity contribution >= 4 is 0 Å². The lowest BCUT2D eigenvalue weighted by atomic mass is 9.59. The van der Waals surface area contributed by atoms with Crippen molar-refractivity contribution in [3.8, 4) is 11.1 Å². The second-order valence-corrected chi connectivity index (χ2v) is 14.9. The van der Waals surface area contributed by atoms with Crippen molar-refractivity contribution in [2.75, 3.05) is 0 Å². The van der Waals surface area contributed by atoms with E-state index in [0.717, 1.165) is 32.1 Å². The van der Waals surface area contributed by atoms with Crippen LogP contribution in [0.2, 0.25) is 0 Å². The first-order valence-corrected chi connectivity index (χ1v) is 16.5. The third-order valence-corrected chi connectivity index (χ3v) is 9.84. The minimum atomic E-state index is -0.415. The number of fused-ring (bicyclic) bond motifs is 3. The normalized spacial score (nSPS) is 14.6. The van der Waals surface area contributed by atoms with E-state index in [1.54, 1.807) is 0 Å². The van der Waals surface area contributed by atoms with Crippen molar-refractivity contribution < 1.29 is 0 Å².